The number of nitrogens with zero attached hydrogens (tertiary/aromatic N) is 4. The first-order valence-corrected chi connectivity index (χ1v) is 9.16. The summed E-state index contributed by atoms with van der Waals surface area (Å²) in [5.74, 6) is -2.19. The number of pyridine rings is 1. The summed E-state index contributed by atoms with van der Waals surface area (Å²) in [5, 5.41) is 3.39. The number of fused-ring (bicyclic) bond motifs is 1. The predicted octanol–water partition coefficient (Wildman–Crippen LogP) is 3.31. The predicted molar refractivity (Wildman–Crippen MR) is 91.4 cm³/mol. The number of amides is 1. The van der Waals surface area contributed by atoms with E-state index in [-0.39, 0.29) is 24.1 Å². The zero-order valence-electron chi connectivity index (χ0n) is 14.6. The minimum atomic E-state index is -4.70. The van der Waals surface area contributed by atoms with Gasteiger partial charge in [0.2, 0.25) is 11.8 Å². The van der Waals surface area contributed by atoms with Gasteiger partial charge in [-0.2, -0.15) is 22.5 Å². The highest BCUT2D eigenvalue weighted by Crippen LogP contribution is 2.35. The van der Waals surface area contributed by atoms with Crippen molar-refractivity contribution >= 4 is 17.2 Å². The maximum Gasteiger partial charge on any atom is 0.471 e. The highest BCUT2D eigenvalue weighted by molar-refractivity contribution is 7.15. The summed E-state index contributed by atoms with van der Waals surface area (Å²) in [7, 11) is 0. The molecule has 1 aliphatic heterocycles. The Bertz CT molecular complexity index is 1030. The van der Waals surface area contributed by atoms with E-state index in [1.54, 1.807) is 11.0 Å². The zero-order valence-corrected chi connectivity index (χ0v) is 15.4. The Hall–Kier alpha value is -3.02. The van der Waals surface area contributed by atoms with Crippen LogP contribution in [0.15, 0.2) is 28.9 Å². The Morgan fingerprint density at radius 2 is 2.17 bits per heavy atom. The number of alkyl halides is 3. The molecule has 0 bridgehead atoms. The third-order valence-electron chi connectivity index (χ3n) is 4.17. The van der Waals surface area contributed by atoms with Crippen LogP contribution < -0.4 is 4.74 Å². The van der Waals surface area contributed by atoms with Crippen LogP contribution in [0.2, 0.25) is 0 Å². The van der Waals surface area contributed by atoms with Gasteiger partial charge in [-0.05, 0) is 30.2 Å². The lowest BCUT2D eigenvalue weighted by atomic mass is 10.1. The van der Waals surface area contributed by atoms with Crippen molar-refractivity contribution in [1.82, 2.24) is 20.0 Å². The van der Waals surface area contributed by atoms with Gasteiger partial charge in [-0.1, -0.05) is 5.16 Å². The van der Waals surface area contributed by atoms with E-state index < -0.39 is 18.0 Å². The molecule has 7 nitrogen and oxygen atoms in total. The number of halogens is 4. The average Bonchev–Trinajstić information content (AvgIpc) is 3.33. The zero-order chi connectivity index (χ0) is 20.6. The van der Waals surface area contributed by atoms with Gasteiger partial charge in [-0.15, -0.1) is 11.3 Å². The van der Waals surface area contributed by atoms with Crippen LogP contribution in [-0.4, -0.2) is 39.1 Å². The molecule has 0 aromatic carbocycles. The molecule has 0 unspecified atom stereocenters. The Labute approximate surface area is 164 Å². The fraction of sp³-hybridized carbons (Fsp3) is 0.294. The van der Waals surface area contributed by atoms with E-state index in [2.05, 4.69) is 19.6 Å². The van der Waals surface area contributed by atoms with Gasteiger partial charge in [0, 0.05) is 18.0 Å². The normalized spacial score (nSPS) is 14.0. The van der Waals surface area contributed by atoms with Gasteiger partial charge in [0.15, 0.2) is 6.61 Å². The average molecular weight is 428 g/mol. The standard InChI is InChI=1S/C17H12F4N4O3S/c18-13-2-1-10(6-22-13)27-8-14(26)25-4-3-11-9(7-25)5-12(29-11)15-23-16(28-24-15)17(19,20)21/h1-2,5-6H,3-4,7-8H2. The largest absolute Gasteiger partial charge is 0.482 e. The summed E-state index contributed by atoms with van der Waals surface area (Å²) in [6.45, 7) is 0.496. The number of carbonyl (C=O) groups is 1. The topological polar surface area (TPSA) is 81.4 Å². The second kappa shape index (κ2) is 7.43. The molecule has 1 amide bonds. The van der Waals surface area contributed by atoms with E-state index in [0.717, 1.165) is 16.5 Å². The van der Waals surface area contributed by atoms with Gasteiger partial charge in [-0.25, -0.2) is 4.98 Å². The van der Waals surface area contributed by atoms with Crippen molar-refractivity contribution in [2.75, 3.05) is 13.2 Å². The van der Waals surface area contributed by atoms with Crippen LogP contribution in [0.1, 0.15) is 16.3 Å². The number of thiophene rings is 1. The molecule has 0 N–H and O–H groups in total. The molecule has 4 rings (SSSR count). The second-order valence-corrected chi connectivity index (χ2v) is 7.29. The molecular formula is C17H12F4N4O3S. The van der Waals surface area contributed by atoms with Crippen LogP contribution in [0, 0.1) is 5.95 Å². The van der Waals surface area contributed by atoms with E-state index in [4.69, 9.17) is 4.74 Å². The number of ether oxygens (including phenoxy) is 1. The molecule has 3 aromatic heterocycles. The van der Waals surface area contributed by atoms with Crippen molar-refractivity contribution in [3.05, 3.63) is 46.7 Å². The molecule has 1 aliphatic rings. The molecule has 152 valence electrons. The molecule has 0 spiro atoms. The molecule has 4 heterocycles. The third-order valence-corrected chi connectivity index (χ3v) is 5.40. The van der Waals surface area contributed by atoms with Crippen LogP contribution in [0.25, 0.3) is 10.7 Å². The molecule has 0 radical (unpaired) electrons. The van der Waals surface area contributed by atoms with Gasteiger partial charge in [0.25, 0.3) is 5.91 Å². The summed E-state index contributed by atoms with van der Waals surface area (Å²) < 4.78 is 60.3. The van der Waals surface area contributed by atoms with E-state index in [1.165, 1.54) is 23.6 Å². The highest BCUT2D eigenvalue weighted by Gasteiger charge is 2.38. The number of aromatic nitrogens is 3. The fourth-order valence-corrected chi connectivity index (χ4v) is 3.87. The molecular weight excluding hydrogens is 416 g/mol. The van der Waals surface area contributed by atoms with Crippen LogP contribution in [-0.2, 0) is 23.9 Å². The van der Waals surface area contributed by atoms with Crippen molar-refractivity contribution in [2.45, 2.75) is 19.1 Å². The number of hydrogen-bond acceptors (Lipinski definition) is 7. The molecule has 3 aromatic rings. The molecule has 0 aliphatic carbocycles. The number of hydrogen-bond donors (Lipinski definition) is 0. The first-order chi connectivity index (χ1) is 13.8. The van der Waals surface area contributed by atoms with Gasteiger partial charge >= 0.3 is 12.1 Å². The van der Waals surface area contributed by atoms with Gasteiger partial charge in [-0.3, -0.25) is 4.79 Å². The smallest absolute Gasteiger partial charge is 0.471 e. The van der Waals surface area contributed by atoms with E-state index >= 15 is 0 Å². The molecule has 0 saturated heterocycles. The molecule has 0 fully saturated rings. The fourth-order valence-electron chi connectivity index (χ4n) is 2.78. The molecule has 0 saturated carbocycles. The van der Waals surface area contributed by atoms with Crippen molar-refractivity contribution < 1.29 is 31.6 Å². The van der Waals surface area contributed by atoms with Crippen LogP contribution >= 0.6 is 11.3 Å². The quantitative estimate of drug-likeness (QED) is 0.469. The minimum absolute atomic E-state index is 0.137. The lowest BCUT2D eigenvalue weighted by molar-refractivity contribution is -0.159. The van der Waals surface area contributed by atoms with Crippen molar-refractivity contribution in [1.29, 1.82) is 0 Å². The Morgan fingerprint density at radius 3 is 2.86 bits per heavy atom. The Balaban J connectivity index is 1.41. The molecule has 29 heavy (non-hydrogen) atoms. The Kier molecular flexibility index (Phi) is 4.94. The minimum Gasteiger partial charge on any atom is -0.482 e. The summed E-state index contributed by atoms with van der Waals surface area (Å²) in [5.41, 5.74) is 0.811. The Morgan fingerprint density at radius 1 is 1.34 bits per heavy atom. The lowest BCUT2D eigenvalue weighted by Gasteiger charge is -2.26. The van der Waals surface area contributed by atoms with Crippen LogP contribution in [0.5, 0.6) is 5.75 Å². The number of carbonyl (C=O) groups excluding carboxylic acids is 1. The maximum absolute atomic E-state index is 12.8. The van der Waals surface area contributed by atoms with Crippen molar-refractivity contribution in [3.8, 4) is 16.5 Å². The van der Waals surface area contributed by atoms with E-state index in [0.29, 0.717) is 24.4 Å². The first-order valence-electron chi connectivity index (χ1n) is 8.34. The summed E-state index contributed by atoms with van der Waals surface area (Å²) in [6, 6.07) is 4.16. The second-order valence-electron chi connectivity index (χ2n) is 6.15. The van der Waals surface area contributed by atoms with Gasteiger partial charge in [0.05, 0.1) is 11.1 Å². The van der Waals surface area contributed by atoms with Gasteiger partial charge < -0.3 is 14.2 Å². The maximum atomic E-state index is 12.8. The molecule has 0 atom stereocenters. The van der Waals surface area contributed by atoms with Crippen LogP contribution in [0.4, 0.5) is 17.6 Å². The summed E-state index contributed by atoms with van der Waals surface area (Å²) in [4.78, 5) is 22.2. The SMILES string of the molecule is O=C(COc1ccc(F)nc1)N1CCc2sc(-c3noc(C(F)(F)F)n3)cc2C1. The summed E-state index contributed by atoms with van der Waals surface area (Å²) >= 11 is 1.27. The number of rotatable bonds is 4. The van der Waals surface area contributed by atoms with Gasteiger partial charge in [0.1, 0.15) is 5.75 Å². The molecule has 12 heteroatoms. The highest BCUT2D eigenvalue weighted by atomic mass is 32.1. The monoisotopic (exact) mass is 428 g/mol. The van der Waals surface area contributed by atoms with E-state index in [9.17, 15) is 22.4 Å². The first kappa shape index (κ1) is 19.3. The summed E-state index contributed by atoms with van der Waals surface area (Å²) in [6.07, 6.45) is -2.97. The van der Waals surface area contributed by atoms with Crippen LogP contribution in [0.3, 0.4) is 0 Å². The third kappa shape index (κ3) is 4.21. The van der Waals surface area contributed by atoms with Crippen molar-refractivity contribution in [2.24, 2.45) is 0 Å². The van der Waals surface area contributed by atoms with E-state index in [1.807, 2.05) is 0 Å². The lowest BCUT2D eigenvalue weighted by Crippen LogP contribution is -2.38. The van der Waals surface area contributed by atoms with Crippen molar-refractivity contribution in [3.63, 3.8) is 0 Å².